The molecule has 3 fully saturated rings. The summed E-state index contributed by atoms with van der Waals surface area (Å²) in [6, 6.07) is 29.2. The van der Waals surface area contributed by atoms with Gasteiger partial charge in [-0.05, 0) is 26.5 Å². The van der Waals surface area contributed by atoms with Crippen molar-refractivity contribution in [3.05, 3.63) is 84.4 Å². The first-order chi connectivity index (χ1) is 12.8. The summed E-state index contributed by atoms with van der Waals surface area (Å²) in [5, 5.41) is 0. The molecule has 3 saturated heterocycles. The second-order valence-corrected chi connectivity index (χ2v) is 20.2. The van der Waals surface area contributed by atoms with Crippen LogP contribution in [0.3, 0.4) is 0 Å². The van der Waals surface area contributed by atoms with Gasteiger partial charge < -0.3 is 0 Å². The Labute approximate surface area is 169 Å². The van der Waals surface area contributed by atoms with E-state index in [1.165, 1.54) is 76.5 Å². The van der Waals surface area contributed by atoms with Crippen LogP contribution in [0.25, 0.3) is 22.3 Å². The van der Waals surface area contributed by atoms with E-state index < -0.39 is 0 Å². The minimum atomic E-state index is 0.611. The third-order valence-electron chi connectivity index (χ3n) is 4.86. The van der Waals surface area contributed by atoms with Crippen molar-refractivity contribution in [2.24, 2.45) is 0 Å². The van der Waals surface area contributed by atoms with Gasteiger partial charge in [-0.15, -0.1) is 0 Å². The van der Waals surface area contributed by atoms with Crippen LogP contribution in [-0.2, 0) is 4.28 Å². The molecule has 0 saturated carbocycles. The number of fused-ring (bicyclic) bond motifs is 3. The highest BCUT2D eigenvalue weighted by Crippen LogP contribution is 2.32. The lowest BCUT2D eigenvalue weighted by atomic mass is 10.00. The van der Waals surface area contributed by atoms with Gasteiger partial charge in [0.15, 0.2) is 0 Å². The maximum Gasteiger partial charge on any atom is 0.0269 e. The van der Waals surface area contributed by atoms with Crippen LogP contribution in [0.1, 0.15) is 5.56 Å². The summed E-state index contributed by atoms with van der Waals surface area (Å²) in [5.74, 6) is 0. The van der Waals surface area contributed by atoms with E-state index >= 15 is 0 Å². The van der Waals surface area contributed by atoms with Crippen molar-refractivity contribution in [2.75, 3.05) is 0 Å². The smallest absolute Gasteiger partial charge is 0.0269 e. The summed E-state index contributed by atoms with van der Waals surface area (Å²) in [6.45, 7) is 0. The topological polar surface area (TPSA) is 0 Å². The fourth-order valence-corrected chi connectivity index (χ4v) is 33.9. The molecule has 3 aromatic carbocycles. The SMILES string of the molecule is c1ccc(-c2ccc(-c3ccc(C45[Si][Si]C([Si][Si]4)[Si][Si]5)cc3)cc2)cc1. The van der Waals surface area contributed by atoms with Crippen molar-refractivity contribution in [3.63, 3.8) is 0 Å². The third kappa shape index (κ3) is 3.19. The van der Waals surface area contributed by atoms with Crippen LogP contribution in [0, 0.1) is 0 Å². The summed E-state index contributed by atoms with van der Waals surface area (Å²) in [5.41, 5.74) is 6.88. The van der Waals surface area contributed by atoms with Crippen LogP contribution in [0.2, 0.25) is 4.79 Å². The van der Waals surface area contributed by atoms with Crippen molar-refractivity contribution in [1.82, 2.24) is 0 Å². The zero-order valence-electron chi connectivity index (χ0n) is 14.1. The quantitative estimate of drug-likeness (QED) is 0.569. The Morgan fingerprint density at radius 2 is 0.923 bits per heavy atom. The number of hydrogen-bond acceptors (Lipinski definition) is 0. The summed E-state index contributed by atoms with van der Waals surface area (Å²) < 4.78 is 0.611. The third-order valence-corrected chi connectivity index (χ3v) is 30.0. The van der Waals surface area contributed by atoms with Gasteiger partial charge in [-0.2, -0.15) is 0 Å². The molecule has 6 heteroatoms. The molecule has 0 N–H and O–H groups in total. The molecule has 12 radical (unpaired) electrons. The van der Waals surface area contributed by atoms with Crippen LogP contribution < -0.4 is 0 Å². The summed E-state index contributed by atoms with van der Waals surface area (Å²) in [7, 11) is 7.39. The molecule has 0 spiro atoms. The standard InChI is InChI=1S/C20H14Si6/c1-2-4-14(5-3-1)15-6-8-16(9-7-15)17-10-12-18(13-11-17)20-24-21-19(22-25-20)23-26-20/h1-13,19H. The maximum absolute atomic E-state index is 2.44. The predicted molar refractivity (Wildman–Crippen MR) is 117 cm³/mol. The van der Waals surface area contributed by atoms with E-state index in [2.05, 4.69) is 78.9 Å². The Morgan fingerprint density at radius 1 is 0.500 bits per heavy atom. The molecule has 118 valence electrons. The summed E-state index contributed by atoms with van der Waals surface area (Å²) in [6.07, 6.45) is 0. The molecule has 2 bridgehead atoms. The molecule has 0 aromatic heterocycles. The highest BCUT2D eigenvalue weighted by Gasteiger charge is 2.43. The minimum Gasteiger partial charge on any atom is -0.0724 e. The zero-order valence-corrected chi connectivity index (χ0v) is 20.1. The molecular weight excluding hydrogens is 409 g/mol. The lowest BCUT2D eigenvalue weighted by molar-refractivity contribution is 1.20. The molecule has 0 nitrogen and oxygen atoms in total. The molecule has 3 aliphatic heterocycles. The summed E-state index contributed by atoms with van der Waals surface area (Å²) >= 11 is 0. The van der Waals surface area contributed by atoms with Crippen molar-refractivity contribution in [3.8, 4) is 22.3 Å². The van der Waals surface area contributed by atoms with Gasteiger partial charge in [0.05, 0.1) is 0 Å². The van der Waals surface area contributed by atoms with E-state index in [9.17, 15) is 0 Å². The number of rotatable bonds is 3. The van der Waals surface area contributed by atoms with Crippen LogP contribution in [-0.4, -0.2) is 54.2 Å². The predicted octanol–water partition coefficient (Wildman–Crippen LogP) is 2.83. The van der Waals surface area contributed by atoms with Crippen LogP contribution in [0.15, 0.2) is 78.9 Å². The lowest BCUT2D eigenvalue weighted by Crippen LogP contribution is -2.64. The molecular formula is C20H14Si6. The Hall–Kier alpha value is -1.04. The molecule has 0 unspecified atom stereocenters. The molecule has 3 aliphatic rings. The van der Waals surface area contributed by atoms with Crippen molar-refractivity contribution in [1.29, 1.82) is 0 Å². The van der Waals surface area contributed by atoms with E-state index in [0.29, 0.717) is 4.28 Å². The highest BCUT2D eigenvalue weighted by molar-refractivity contribution is 7.41. The number of benzene rings is 3. The van der Waals surface area contributed by atoms with E-state index in [0.717, 1.165) is 4.79 Å². The van der Waals surface area contributed by atoms with Crippen molar-refractivity contribution >= 4 is 54.2 Å². The van der Waals surface area contributed by atoms with Crippen LogP contribution >= 0.6 is 0 Å². The largest absolute Gasteiger partial charge is 0.0724 e. The molecule has 6 rings (SSSR count). The van der Waals surface area contributed by atoms with Crippen LogP contribution in [0.5, 0.6) is 0 Å². The van der Waals surface area contributed by atoms with Crippen LogP contribution in [0.4, 0.5) is 0 Å². The average Bonchev–Trinajstić information content (AvgIpc) is 2.76. The van der Waals surface area contributed by atoms with Gasteiger partial charge in [-0.3, -0.25) is 0 Å². The van der Waals surface area contributed by atoms with Gasteiger partial charge in [0.1, 0.15) is 0 Å². The summed E-state index contributed by atoms with van der Waals surface area (Å²) in [4.78, 5) is 1.15. The first-order valence-electron chi connectivity index (χ1n) is 8.67. The molecule has 0 atom stereocenters. The molecule has 0 amide bonds. The fourth-order valence-electron chi connectivity index (χ4n) is 3.36. The Balaban J connectivity index is 1.39. The maximum atomic E-state index is 2.44. The van der Waals surface area contributed by atoms with Gasteiger partial charge in [0.2, 0.25) is 0 Å². The van der Waals surface area contributed by atoms with Gasteiger partial charge in [-0.1, -0.05) is 89.2 Å². The molecule has 0 aliphatic carbocycles. The second-order valence-electron chi connectivity index (χ2n) is 6.51. The lowest BCUT2D eigenvalue weighted by Gasteiger charge is -2.44. The van der Waals surface area contributed by atoms with E-state index in [4.69, 9.17) is 0 Å². The molecule has 26 heavy (non-hydrogen) atoms. The van der Waals surface area contributed by atoms with Gasteiger partial charge >= 0.3 is 0 Å². The van der Waals surface area contributed by atoms with Gasteiger partial charge in [0, 0.05) is 54.2 Å². The first kappa shape index (κ1) is 17.1. The Morgan fingerprint density at radius 3 is 1.42 bits per heavy atom. The highest BCUT2D eigenvalue weighted by atomic mass is 29.3. The van der Waals surface area contributed by atoms with Crippen molar-refractivity contribution < 1.29 is 0 Å². The Kier molecular flexibility index (Phi) is 4.72. The van der Waals surface area contributed by atoms with E-state index in [1.807, 2.05) is 0 Å². The van der Waals surface area contributed by atoms with Gasteiger partial charge in [-0.25, -0.2) is 0 Å². The minimum absolute atomic E-state index is 0.611. The Bertz CT molecular complexity index is 870. The molecule has 3 heterocycles. The zero-order chi connectivity index (χ0) is 17.4. The van der Waals surface area contributed by atoms with E-state index in [-0.39, 0.29) is 0 Å². The molecule has 3 aromatic rings. The van der Waals surface area contributed by atoms with Gasteiger partial charge in [0.25, 0.3) is 0 Å². The number of hydrogen-bond donors (Lipinski definition) is 0. The first-order valence-corrected chi connectivity index (χ1v) is 17.9. The fraction of sp³-hybridized carbons (Fsp3) is 0.100. The normalized spacial score (nSPS) is 24.5. The van der Waals surface area contributed by atoms with E-state index in [1.54, 1.807) is 5.56 Å². The average molecular weight is 423 g/mol. The van der Waals surface area contributed by atoms with Crippen molar-refractivity contribution in [2.45, 2.75) is 9.07 Å². The monoisotopic (exact) mass is 422 g/mol. The second kappa shape index (κ2) is 7.17.